The lowest BCUT2D eigenvalue weighted by Gasteiger charge is -2.37. The molecule has 8 heteroatoms. The van der Waals surface area contributed by atoms with E-state index in [0.29, 0.717) is 48.8 Å². The number of piperazine rings is 1. The van der Waals surface area contributed by atoms with Gasteiger partial charge in [-0.2, -0.15) is 0 Å². The fraction of sp³-hybridized carbons (Fsp3) is 0.321. The Hall–Kier alpha value is -4.07. The van der Waals surface area contributed by atoms with Crippen LogP contribution in [-0.2, 0) is 0 Å². The van der Waals surface area contributed by atoms with Crippen molar-refractivity contribution in [1.29, 1.82) is 0 Å². The number of rotatable bonds is 5. The minimum Gasteiger partial charge on any atom is -0.459 e. The largest absolute Gasteiger partial charge is 0.459 e. The number of hydrogen-bond donors (Lipinski definition) is 1. The van der Waals surface area contributed by atoms with E-state index in [1.54, 1.807) is 35.2 Å². The maximum absolute atomic E-state index is 13.5. The standard InChI is InChI=1S/C28H30N4O4/c1-20-6-8-21(9-7-20)26(33)29-22-10-11-24(23(19-22)27(34)31-12-2-3-13-31)30-14-16-32(17-15-30)28(35)25-5-4-18-36-25/h4-11,18-19H,2-3,12-17H2,1H3,(H,29,33). The van der Waals surface area contributed by atoms with Crippen molar-refractivity contribution in [3.63, 3.8) is 0 Å². The van der Waals surface area contributed by atoms with Crippen LogP contribution < -0.4 is 10.2 Å². The van der Waals surface area contributed by atoms with E-state index >= 15 is 0 Å². The van der Waals surface area contributed by atoms with Crippen LogP contribution in [0.15, 0.2) is 65.3 Å². The van der Waals surface area contributed by atoms with Crippen LogP contribution >= 0.6 is 0 Å². The Kier molecular flexibility index (Phi) is 6.75. The number of amides is 3. The van der Waals surface area contributed by atoms with Crippen molar-refractivity contribution in [2.75, 3.05) is 49.5 Å². The number of nitrogens with one attached hydrogen (secondary N) is 1. The summed E-state index contributed by atoms with van der Waals surface area (Å²) in [5.74, 6) is -0.0281. The van der Waals surface area contributed by atoms with E-state index in [9.17, 15) is 14.4 Å². The molecule has 0 saturated carbocycles. The minimum absolute atomic E-state index is 0.0250. The van der Waals surface area contributed by atoms with Crippen molar-refractivity contribution in [1.82, 2.24) is 9.80 Å². The molecule has 2 saturated heterocycles. The number of furan rings is 1. The average Bonchev–Trinajstić information content (AvgIpc) is 3.63. The van der Waals surface area contributed by atoms with Gasteiger partial charge in [0.05, 0.1) is 11.8 Å². The molecular formula is C28H30N4O4. The lowest BCUT2D eigenvalue weighted by molar-refractivity contribution is 0.0712. The van der Waals surface area contributed by atoms with E-state index in [2.05, 4.69) is 10.2 Å². The summed E-state index contributed by atoms with van der Waals surface area (Å²) in [6, 6.07) is 16.3. The predicted molar refractivity (Wildman–Crippen MR) is 138 cm³/mol. The van der Waals surface area contributed by atoms with Gasteiger partial charge in [0.1, 0.15) is 0 Å². The fourth-order valence-corrected chi connectivity index (χ4v) is 4.77. The molecule has 1 N–H and O–H groups in total. The van der Waals surface area contributed by atoms with Gasteiger partial charge in [-0.3, -0.25) is 14.4 Å². The molecule has 0 radical (unpaired) electrons. The molecule has 0 bridgehead atoms. The Labute approximate surface area is 210 Å². The summed E-state index contributed by atoms with van der Waals surface area (Å²) in [5.41, 5.74) is 3.63. The molecule has 2 aromatic carbocycles. The van der Waals surface area contributed by atoms with Crippen molar-refractivity contribution in [3.8, 4) is 0 Å². The van der Waals surface area contributed by atoms with Crippen LogP contribution in [0.3, 0.4) is 0 Å². The molecule has 2 aliphatic heterocycles. The minimum atomic E-state index is -0.215. The maximum Gasteiger partial charge on any atom is 0.289 e. The molecule has 8 nitrogen and oxygen atoms in total. The molecule has 3 amide bonds. The molecule has 2 fully saturated rings. The summed E-state index contributed by atoms with van der Waals surface area (Å²) in [4.78, 5) is 44.7. The topological polar surface area (TPSA) is 86.1 Å². The van der Waals surface area contributed by atoms with Gasteiger partial charge in [0.15, 0.2) is 5.76 Å². The normalized spacial score (nSPS) is 15.8. The molecule has 1 aromatic heterocycles. The summed E-state index contributed by atoms with van der Waals surface area (Å²) >= 11 is 0. The zero-order valence-corrected chi connectivity index (χ0v) is 20.4. The molecule has 0 spiro atoms. The molecule has 0 atom stereocenters. The number of carbonyl (C=O) groups is 3. The number of carbonyl (C=O) groups excluding carboxylic acids is 3. The highest BCUT2D eigenvalue weighted by Crippen LogP contribution is 2.29. The summed E-state index contributed by atoms with van der Waals surface area (Å²) in [5, 5.41) is 2.94. The Morgan fingerprint density at radius 2 is 1.50 bits per heavy atom. The summed E-state index contributed by atoms with van der Waals surface area (Å²) in [6.07, 6.45) is 3.50. The molecule has 3 heterocycles. The second-order valence-electron chi connectivity index (χ2n) is 9.31. The fourth-order valence-electron chi connectivity index (χ4n) is 4.77. The van der Waals surface area contributed by atoms with Crippen molar-refractivity contribution in [2.45, 2.75) is 19.8 Å². The highest BCUT2D eigenvalue weighted by molar-refractivity contribution is 6.06. The van der Waals surface area contributed by atoms with E-state index in [1.165, 1.54) is 6.26 Å². The van der Waals surface area contributed by atoms with Gasteiger partial charge in [-0.1, -0.05) is 17.7 Å². The first kappa shape index (κ1) is 23.7. The number of hydrogen-bond acceptors (Lipinski definition) is 5. The Bertz CT molecular complexity index is 1240. The first-order valence-corrected chi connectivity index (χ1v) is 12.4. The van der Waals surface area contributed by atoms with Gasteiger partial charge < -0.3 is 24.4 Å². The summed E-state index contributed by atoms with van der Waals surface area (Å²) in [7, 11) is 0. The number of benzene rings is 2. The van der Waals surface area contributed by atoms with E-state index in [0.717, 1.165) is 37.2 Å². The zero-order valence-electron chi connectivity index (χ0n) is 20.4. The van der Waals surface area contributed by atoms with Crippen LogP contribution in [-0.4, -0.2) is 66.8 Å². The van der Waals surface area contributed by atoms with Crippen LogP contribution in [0, 0.1) is 6.92 Å². The molecule has 5 rings (SSSR count). The van der Waals surface area contributed by atoms with Crippen LogP contribution in [0.4, 0.5) is 11.4 Å². The van der Waals surface area contributed by atoms with E-state index in [-0.39, 0.29) is 17.7 Å². The van der Waals surface area contributed by atoms with Crippen LogP contribution in [0.25, 0.3) is 0 Å². The van der Waals surface area contributed by atoms with E-state index in [4.69, 9.17) is 4.42 Å². The highest BCUT2D eigenvalue weighted by Gasteiger charge is 2.28. The third-order valence-corrected chi connectivity index (χ3v) is 6.83. The highest BCUT2D eigenvalue weighted by atomic mass is 16.3. The first-order valence-electron chi connectivity index (χ1n) is 12.4. The molecule has 186 valence electrons. The maximum atomic E-state index is 13.5. The number of aryl methyl sites for hydroxylation is 1. The van der Waals surface area contributed by atoms with Crippen LogP contribution in [0.1, 0.15) is 49.7 Å². The number of nitrogens with zero attached hydrogens (tertiary/aromatic N) is 3. The molecule has 0 aliphatic carbocycles. The predicted octanol–water partition coefficient (Wildman–Crippen LogP) is 4.04. The zero-order chi connectivity index (χ0) is 25.1. The van der Waals surface area contributed by atoms with Gasteiger partial charge in [-0.15, -0.1) is 0 Å². The molecule has 0 unspecified atom stereocenters. The Balaban J connectivity index is 1.35. The molecular weight excluding hydrogens is 456 g/mol. The van der Waals surface area contributed by atoms with Gasteiger partial charge in [-0.25, -0.2) is 0 Å². The van der Waals surface area contributed by atoms with Gasteiger partial charge in [-0.05, 0) is 62.2 Å². The van der Waals surface area contributed by atoms with Crippen molar-refractivity contribution in [3.05, 3.63) is 83.3 Å². The second-order valence-corrected chi connectivity index (χ2v) is 9.31. The monoisotopic (exact) mass is 486 g/mol. The smallest absolute Gasteiger partial charge is 0.289 e. The molecule has 36 heavy (non-hydrogen) atoms. The Morgan fingerprint density at radius 3 is 2.17 bits per heavy atom. The SMILES string of the molecule is Cc1ccc(C(=O)Nc2ccc(N3CCN(C(=O)c4ccco4)CC3)c(C(=O)N3CCCC3)c2)cc1. The first-order chi connectivity index (χ1) is 17.5. The number of anilines is 2. The van der Waals surface area contributed by atoms with Gasteiger partial charge in [0.25, 0.3) is 17.7 Å². The van der Waals surface area contributed by atoms with Gasteiger partial charge in [0, 0.05) is 56.2 Å². The molecule has 2 aliphatic rings. The average molecular weight is 487 g/mol. The van der Waals surface area contributed by atoms with Gasteiger partial charge >= 0.3 is 0 Å². The number of likely N-dealkylation sites (tertiary alicyclic amines) is 1. The van der Waals surface area contributed by atoms with Crippen LogP contribution in [0.2, 0.25) is 0 Å². The van der Waals surface area contributed by atoms with Crippen molar-refractivity contribution >= 4 is 29.1 Å². The Morgan fingerprint density at radius 1 is 0.806 bits per heavy atom. The third-order valence-electron chi connectivity index (χ3n) is 6.83. The molecule has 3 aromatic rings. The van der Waals surface area contributed by atoms with Crippen molar-refractivity contribution < 1.29 is 18.8 Å². The van der Waals surface area contributed by atoms with Crippen LogP contribution in [0.5, 0.6) is 0 Å². The van der Waals surface area contributed by atoms with Gasteiger partial charge in [0.2, 0.25) is 0 Å². The lowest BCUT2D eigenvalue weighted by atomic mass is 10.1. The third kappa shape index (κ3) is 4.98. The quantitative estimate of drug-likeness (QED) is 0.588. The van der Waals surface area contributed by atoms with Crippen molar-refractivity contribution in [2.24, 2.45) is 0 Å². The lowest BCUT2D eigenvalue weighted by Crippen LogP contribution is -2.49. The second kappa shape index (κ2) is 10.3. The summed E-state index contributed by atoms with van der Waals surface area (Å²) < 4.78 is 5.26. The summed E-state index contributed by atoms with van der Waals surface area (Å²) in [6.45, 7) is 5.71. The van der Waals surface area contributed by atoms with E-state index in [1.807, 2.05) is 36.1 Å². The van der Waals surface area contributed by atoms with E-state index < -0.39 is 0 Å².